The molecule has 176 valence electrons. The topological polar surface area (TPSA) is 108 Å². The standard InChI is InChI=1S/C23H20N2O7S2/c1-3-31-15(26)11-24-22-19(34-23(24)29)16(14-5-4-10-32-14)17-18(33-22)21(28)25(20(17)27)12-6-8-13(30-2)9-7-12/h4-10,16-18H,3,11H2,1-2H3/t16-,17?,18?/m1/s1. The lowest BCUT2D eigenvalue weighted by Crippen LogP contribution is -2.32. The lowest BCUT2D eigenvalue weighted by molar-refractivity contribution is -0.144. The summed E-state index contributed by atoms with van der Waals surface area (Å²) in [6.07, 6.45) is 1.49. The van der Waals surface area contributed by atoms with Gasteiger partial charge in [-0.05, 0) is 43.3 Å². The summed E-state index contributed by atoms with van der Waals surface area (Å²) in [4.78, 5) is 53.6. The summed E-state index contributed by atoms with van der Waals surface area (Å²) in [5.41, 5.74) is 0.441. The number of imide groups is 1. The second-order valence-electron chi connectivity index (χ2n) is 7.70. The number of nitrogens with zero attached hydrogens (tertiary/aromatic N) is 2. The maximum atomic E-state index is 13.6. The Hall–Kier alpha value is -3.31. The molecule has 9 nitrogen and oxygen atoms in total. The predicted octanol–water partition coefficient (Wildman–Crippen LogP) is 2.87. The molecule has 0 aliphatic carbocycles. The fourth-order valence-electron chi connectivity index (χ4n) is 4.35. The number of fused-ring (bicyclic) bond motifs is 2. The van der Waals surface area contributed by atoms with E-state index in [1.54, 1.807) is 43.3 Å². The summed E-state index contributed by atoms with van der Waals surface area (Å²) in [6, 6.07) is 10.1. The normalized spacial score (nSPS) is 21.4. The average molecular weight is 501 g/mol. The minimum Gasteiger partial charge on any atom is -0.497 e. The lowest BCUT2D eigenvalue weighted by atomic mass is 9.87. The van der Waals surface area contributed by atoms with Gasteiger partial charge in [-0.25, -0.2) is 4.90 Å². The van der Waals surface area contributed by atoms with Crippen LogP contribution in [0.25, 0.3) is 0 Å². The van der Waals surface area contributed by atoms with Crippen LogP contribution in [0.15, 0.2) is 56.9 Å². The number of aromatic nitrogens is 1. The van der Waals surface area contributed by atoms with E-state index >= 15 is 0 Å². The molecule has 0 bridgehead atoms. The molecule has 2 amide bonds. The van der Waals surface area contributed by atoms with Gasteiger partial charge in [-0.1, -0.05) is 23.1 Å². The molecule has 1 fully saturated rings. The third kappa shape index (κ3) is 3.55. The summed E-state index contributed by atoms with van der Waals surface area (Å²) in [7, 11) is 1.54. The van der Waals surface area contributed by atoms with Crippen molar-refractivity contribution in [1.82, 2.24) is 4.57 Å². The number of thioether (sulfide) groups is 1. The molecule has 1 aromatic carbocycles. The van der Waals surface area contributed by atoms with Gasteiger partial charge in [-0.15, -0.1) is 0 Å². The number of benzene rings is 1. The van der Waals surface area contributed by atoms with Crippen LogP contribution in [0, 0.1) is 5.92 Å². The highest BCUT2D eigenvalue weighted by Gasteiger charge is 2.57. The first-order valence-electron chi connectivity index (χ1n) is 10.6. The number of rotatable bonds is 6. The van der Waals surface area contributed by atoms with Crippen molar-refractivity contribution in [3.63, 3.8) is 0 Å². The maximum Gasteiger partial charge on any atom is 0.326 e. The highest BCUT2D eigenvalue weighted by atomic mass is 32.2. The van der Waals surface area contributed by atoms with E-state index in [1.165, 1.54) is 22.8 Å². The Morgan fingerprint density at radius 1 is 1.12 bits per heavy atom. The summed E-state index contributed by atoms with van der Waals surface area (Å²) in [6.45, 7) is 1.61. The number of ether oxygens (including phenoxy) is 2. The zero-order valence-electron chi connectivity index (χ0n) is 18.3. The van der Waals surface area contributed by atoms with Crippen LogP contribution in [0.2, 0.25) is 0 Å². The van der Waals surface area contributed by atoms with Crippen LogP contribution in [0.3, 0.4) is 0 Å². The molecule has 0 radical (unpaired) electrons. The molecule has 1 saturated heterocycles. The number of furan rings is 1. The van der Waals surface area contributed by atoms with Crippen molar-refractivity contribution in [3.05, 3.63) is 63.0 Å². The Labute approximate surface area is 202 Å². The van der Waals surface area contributed by atoms with Crippen LogP contribution in [0.1, 0.15) is 23.5 Å². The zero-order chi connectivity index (χ0) is 24.0. The summed E-state index contributed by atoms with van der Waals surface area (Å²) >= 11 is 2.10. The van der Waals surface area contributed by atoms with Gasteiger partial charge in [-0.3, -0.25) is 23.7 Å². The first-order chi connectivity index (χ1) is 16.4. The number of hydrogen-bond donors (Lipinski definition) is 0. The molecule has 3 aromatic rings. The number of anilines is 1. The van der Waals surface area contributed by atoms with Crippen molar-refractivity contribution < 1.29 is 28.3 Å². The van der Waals surface area contributed by atoms with E-state index in [0.29, 0.717) is 27.1 Å². The van der Waals surface area contributed by atoms with E-state index in [9.17, 15) is 19.2 Å². The van der Waals surface area contributed by atoms with Gasteiger partial charge in [0.25, 0.3) is 0 Å². The van der Waals surface area contributed by atoms with E-state index in [4.69, 9.17) is 13.9 Å². The maximum absolute atomic E-state index is 13.6. The third-order valence-corrected chi connectivity index (χ3v) is 8.43. The van der Waals surface area contributed by atoms with E-state index in [1.807, 2.05) is 0 Å². The molecular formula is C23H20N2O7S2. The number of amides is 2. The highest BCUT2D eigenvalue weighted by molar-refractivity contribution is 8.00. The average Bonchev–Trinajstić information content (AvgIpc) is 3.52. The van der Waals surface area contributed by atoms with E-state index in [-0.39, 0.29) is 29.8 Å². The second kappa shape index (κ2) is 8.80. The molecule has 2 aromatic heterocycles. The molecular weight excluding hydrogens is 480 g/mol. The molecule has 0 N–H and O–H groups in total. The van der Waals surface area contributed by atoms with Crippen LogP contribution in [0.5, 0.6) is 5.75 Å². The van der Waals surface area contributed by atoms with Crippen LogP contribution in [-0.2, 0) is 25.7 Å². The first-order valence-corrected chi connectivity index (χ1v) is 12.2. The smallest absolute Gasteiger partial charge is 0.326 e. The lowest BCUT2D eigenvalue weighted by Gasteiger charge is -2.28. The molecule has 2 aliphatic heterocycles. The highest BCUT2D eigenvalue weighted by Crippen LogP contribution is 2.53. The number of methoxy groups -OCH3 is 1. The molecule has 11 heteroatoms. The number of carbonyl (C=O) groups is 3. The van der Waals surface area contributed by atoms with Crippen LogP contribution in [-0.4, -0.2) is 41.3 Å². The predicted molar refractivity (Wildman–Crippen MR) is 124 cm³/mol. The minimum absolute atomic E-state index is 0.191. The fraction of sp³-hybridized carbons (Fsp3) is 0.304. The van der Waals surface area contributed by atoms with Crippen molar-refractivity contribution in [3.8, 4) is 5.75 Å². The molecule has 4 heterocycles. The molecule has 0 saturated carbocycles. The van der Waals surface area contributed by atoms with Crippen molar-refractivity contribution in [2.24, 2.45) is 5.92 Å². The van der Waals surface area contributed by atoms with Crippen molar-refractivity contribution in [1.29, 1.82) is 0 Å². The summed E-state index contributed by atoms with van der Waals surface area (Å²) in [5, 5.41) is -0.289. The SMILES string of the molecule is CCOC(=O)Cn1c2c(sc1=O)[C@H](c1ccco1)C1C(=O)N(c3ccc(OC)cc3)C(=O)C1S2. The first kappa shape index (κ1) is 22.5. The van der Waals surface area contributed by atoms with Crippen LogP contribution in [0.4, 0.5) is 5.69 Å². The van der Waals surface area contributed by atoms with Gasteiger partial charge in [0.15, 0.2) is 0 Å². The largest absolute Gasteiger partial charge is 0.497 e. The Kier molecular flexibility index (Phi) is 5.82. The van der Waals surface area contributed by atoms with E-state index in [0.717, 1.165) is 23.1 Å². The summed E-state index contributed by atoms with van der Waals surface area (Å²) in [5.74, 6) is -1.58. The molecule has 5 rings (SSSR count). The Morgan fingerprint density at radius 3 is 2.53 bits per heavy atom. The van der Waals surface area contributed by atoms with Crippen molar-refractivity contribution in [2.45, 2.75) is 29.7 Å². The van der Waals surface area contributed by atoms with Gasteiger partial charge >= 0.3 is 10.8 Å². The Balaban J connectivity index is 1.59. The Bertz CT molecular complexity index is 1310. The van der Waals surface area contributed by atoms with Crippen molar-refractivity contribution >= 4 is 46.6 Å². The number of carbonyl (C=O) groups excluding carboxylic acids is 3. The monoisotopic (exact) mass is 500 g/mol. The second-order valence-corrected chi connectivity index (χ2v) is 9.82. The van der Waals surface area contributed by atoms with Gasteiger partial charge in [0.1, 0.15) is 23.3 Å². The minimum atomic E-state index is -0.778. The third-order valence-electron chi connectivity index (χ3n) is 5.82. The van der Waals surface area contributed by atoms with Gasteiger partial charge in [-0.2, -0.15) is 0 Å². The molecule has 3 atom stereocenters. The molecule has 34 heavy (non-hydrogen) atoms. The summed E-state index contributed by atoms with van der Waals surface area (Å²) < 4.78 is 17.2. The Morgan fingerprint density at radius 2 is 1.88 bits per heavy atom. The van der Waals surface area contributed by atoms with E-state index in [2.05, 4.69) is 0 Å². The van der Waals surface area contributed by atoms with Gasteiger partial charge in [0.2, 0.25) is 11.8 Å². The number of thiazole rings is 1. The fourth-order valence-corrected chi connectivity index (χ4v) is 7.10. The van der Waals surface area contributed by atoms with Gasteiger partial charge in [0.05, 0.1) is 47.4 Å². The molecule has 2 unspecified atom stereocenters. The van der Waals surface area contributed by atoms with Crippen LogP contribution >= 0.6 is 23.1 Å². The number of hydrogen-bond acceptors (Lipinski definition) is 9. The van der Waals surface area contributed by atoms with E-state index < -0.39 is 23.1 Å². The van der Waals surface area contributed by atoms with Crippen LogP contribution < -0.4 is 14.5 Å². The zero-order valence-corrected chi connectivity index (χ0v) is 19.9. The van der Waals surface area contributed by atoms with Gasteiger partial charge in [0, 0.05) is 0 Å². The number of esters is 1. The van der Waals surface area contributed by atoms with Gasteiger partial charge < -0.3 is 13.9 Å². The quantitative estimate of drug-likeness (QED) is 0.376. The van der Waals surface area contributed by atoms with Crippen molar-refractivity contribution in [2.75, 3.05) is 18.6 Å². The molecule has 0 spiro atoms. The molecule has 2 aliphatic rings.